The lowest BCUT2D eigenvalue weighted by atomic mass is 9.97. The molecule has 3 rings (SSSR count). The normalized spacial score (nSPS) is 16.2. The number of hydrogen-bond donors (Lipinski definition) is 0. The first-order valence-electron chi connectivity index (χ1n) is 7.28. The largest absolute Gasteiger partial charge is 0.379 e. The molecular formula is C18H21NO. The van der Waals surface area contributed by atoms with Crippen LogP contribution in [0.3, 0.4) is 0 Å². The quantitative estimate of drug-likeness (QED) is 0.844. The van der Waals surface area contributed by atoms with Gasteiger partial charge in [-0.05, 0) is 23.6 Å². The average Bonchev–Trinajstić information content (AvgIpc) is 2.49. The van der Waals surface area contributed by atoms with Crippen molar-refractivity contribution in [3.63, 3.8) is 0 Å². The molecule has 1 aliphatic rings. The highest BCUT2D eigenvalue weighted by Crippen LogP contribution is 2.26. The first kappa shape index (κ1) is 13.3. The van der Waals surface area contributed by atoms with Gasteiger partial charge in [-0.15, -0.1) is 0 Å². The fourth-order valence-corrected chi connectivity index (χ4v) is 2.75. The van der Waals surface area contributed by atoms with Gasteiger partial charge in [-0.2, -0.15) is 0 Å². The van der Waals surface area contributed by atoms with Crippen molar-refractivity contribution in [2.24, 2.45) is 0 Å². The molecule has 0 amide bonds. The fourth-order valence-electron chi connectivity index (χ4n) is 2.75. The molecule has 0 radical (unpaired) electrons. The van der Waals surface area contributed by atoms with Crippen molar-refractivity contribution in [2.45, 2.75) is 13.5 Å². The van der Waals surface area contributed by atoms with Crippen LogP contribution < -0.4 is 0 Å². The third-order valence-corrected chi connectivity index (χ3v) is 3.84. The van der Waals surface area contributed by atoms with Gasteiger partial charge >= 0.3 is 0 Å². The molecule has 0 N–H and O–H groups in total. The Labute approximate surface area is 121 Å². The second-order valence-electron chi connectivity index (χ2n) is 5.42. The van der Waals surface area contributed by atoms with Gasteiger partial charge in [-0.25, -0.2) is 0 Å². The summed E-state index contributed by atoms with van der Waals surface area (Å²) < 4.78 is 5.43. The molecule has 20 heavy (non-hydrogen) atoms. The van der Waals surface area contributed by atoms with Gasteiger partial charge in [0.1, 0.15) is 0 Å². The van der Waals surface area contributed by atoms with Crippen molar-refractivity contribution < 1.29 is 4.74 Å². The smallest absolute Gasteiger partial charge is 0.0594 e. The van der Waals surface area contributed by atoms with E-state index in [2.05, 4.69) is 60.4 Å². The van der Waals surface area contributed by atoms with Crippen LogP contribution in [0.4, 0.5) is 0 Å². The number of aryl methyl sites for hydroxylation is 1. The summed E-state index contributed by atoms with van der Waals surface area (Å²) >= 11 is 0. The lowest BCUT2D eigenvalue weighted by molar-refractivity contribution is 0.0342. The number of nitrogens with zero attached hydrogens (tertiary/aromatic N) is 1. The van der Waals surface area contributed by atoms with E-state index in [-0.39, 0.29) is 0 Å². The monoisotopic (exact) mass is 267 g/mol. The number of rotatable bonds is 3. The molecule has 1 aliphatic heterocycles. The van der Waals surface area contributed by atoms with Crippen molar-refractivity contribution in [2.75, 3.05) is 26.3 Å². The van der Waals surface area contributed by atoms with Crippen molar-refractivity contribution in [3.05, 3.63) is 59.7 Å². The van der Waals surface area contributed by atoms with Crippen LogP contribution in [0.25, 0.3) is 11.1 Å². The van der Waals surface area contributed by atoms with Gasteiger partial charge in [-0.3, -0.25) is 4.90 Å². The van der Waals surface area contributed by atoms with Gasteiger partial charge in [0, 0.05) is 19.6 Å². The Bertz CT molecular complexity index is 559. The van der Waals surface area contributed by atoms with Crippen LogP contribution >= 0.6 is 0 Å². The van der Waals surface area contributed by atoms with E-state index in [9.17, 15) is 0 Å². The average molecular weight is 267 g/mol. The highest BCUT2D eigenvalue weighted by atomic mass is 16.5. The van der Waals surface area contributed by atoms with Gasteiger partial charge < -0.3 is 4.74 Å². The lowest BCUT2D eigenvalue weighted by Crippen LogP contribution is -2.35. The molecule has 1 saturated heterocycles. The Hall–Kier alpha value is -1.64. The van der Waals surface area contributed by atoms with Crippen LogP contribution in [0.5, 0.6) is 0 Å². The zero-order valence-corrected chi connectivity index (χ0v) is 12.0. The number of ether oxygens (including phenoxy) is 1. The van der Waals surface area contributed by atoms with Crippen molar-refractivity contribution >= 4 is 0 Å². The summed E-state index contributed by atoms with van der Waals surface area (Å²) in [5.74, 6) is 0. The van der Waals surface area contributed by atoms with Crippen molar-refractivity contribution in [3.8, 4) is 11.1 Å². The molecule has 1 heterocycles. The standard InChI is InChI=1S/C18H21NO/c1-15-7-8-18(16-5-3-2-4-6-16)17(13-15)14-19-9-11-20-12-10-19/h2-8,13H,9-12,14H2,1H3. The molecule has 104 valence electrons. The number of morpholine rings is 1. The molecule has 0 aromatic heterocycles. The molecule has 0 unspecified atom stereocenters. The summed E-state index contributed by atoms with van der Waals surface area (Å²) in [5.41, 5.74) is 5.39. The first-order chi connectivity index (χ1) is 9.83. The molecule has 2 aromatic carbocycles. The van der Waals surface area contributed by atoms with E-state index in [1.54, 1.807) is 0 Å². The Morgan fingerprint density at radius 3 is 2.50 bits per heavy atom. The SMILES string of the molecule is Cc1ccc(-c2ccccc2)c(CN2CCOCC2)c1. The predicted octanol–water partition coefficient (Wildman–Crippen LogP) is 3.49. The van der Waals surface area contributed by atoms with E-state index >= 15 is 0 Å². The summed E-state index contributed by atoms with van der Waals surface area (Å²) in [6.07, 6.45) is 0. The van der Waals surface area contributed by atoms with E-state index in [4.69, 9.17) is 4.74 Å². The molecular weight excluding hydrogens is 246 g/mol. The fraction of sp³-hybridized carbons (Fsp3) is 0.333. The van der Waals surface area contributed by atoms with Crippen LogP contribution in [-0.2, 0) is 11.3 Å². The van der Waals surface area contributed by atoms with Crippen LogP contribution in [0, 0.1) is 6.92 Å². The predicted molar refractivity (Wildman–Crippen MR) is 82.7 cm³/mol. The Balaban J connectivity index is 1.90. The maximum absolute atomic E-state index is 5.43. The van der Waals surface area contributed by atoms with Gasteiger partial charge in [0.05, 0.1) is 13.2 Å². The molecule has 1 fully saturated rings. The molecule has 2 heteroatoms. The third-order valence-electron chi connectivity index (χ3n) is 3.84. The molecule has 0 aliphatic carbocycles. The zero-order chi connectivity index (χ0) is 13.8. The minimum Gasteiger partial charge on any atom is -0.379 e. The number of benzene rings is 2. The molecule has 0 saturated carbocycles. The topological polar surface area (TPSA) is 12.5 Å². The number of hydrogen-bond acceptors (Lipinski definition) is 2. The minimum absolute atomic E-state index is 0.854. The van der Waals surface area contributed by atoms with Crippen LogP contribution in [0.1, 0.15) is 11.1 Å². The van der Waals surface area contributed by atoms with Crippen LogP contribution in [0.15, 0.2) is 48.5 Å². The van der Waals surface area contributed by atoms with E-state index < -0.39 is 0 Å². The summed E-state index contributed by atoms with van der Waals surface area (Å²) in [7, 11) is 0. The maximum atomic E-state index is 5.43. The van der Waals surface area contributed by atoms with E-state index in [1.165, 1.54) is 22.3 Å². The summed E-state index contributed by atoms with van der Waals surface area (Å²) in [4.78, 5) is 2.48. The van der Waals surface area contributed by atoms with Gasteiger partial charge in [-0.1, -0.05) is 54.1 Å². The molecule has 0 atom stereocenters. The third kappa shape index (κ3) is 3.09. The molecule has 0 spiro atoms. The molecule has 2 nitrogen and oxygen atoms in total. The van der Waals surface area contributed by atoms with Crippen LogP contribution in [0.2, 0.25) is 0 Å². The van der Waals surface area contributed by atoms with E-state index in [0.29, 0.717) is 0 Å². The zero-order valence-electron chi connectivity index (χ0n) is 12.0. The van der Waals surface area contributed by atoms with Crippen molar-refractivity contribution in [1.29, 1.82) is 0 Å². The Kier molecular flexibility index (Phi) is 4.14. The molecule has 2 aromatic rings. The summed E-state index contributed by atoms with van der Waals surface area (Å²) in [5, 5.41) is 0. The minimum atomic E-state index is 0.854. The Morgan fingerprint density at radius 1 is 1.00 bits per heavy atom. The van der Waals surface area contributed by atoms with E-state index in [1.807, 2.05) is 0 Å². The Morgan fingerprint density at radius 2 is 1.75 bits per heavy atom. The highest BCUT2D eigenvalue weighted by molar-refractivity contribution is 5.67. The van der Waals surface area contributed by atoms with Crippen molar-refractivity contribution in [1.82, 2.24) is 4.90 Å². The lowest BCUT2D eigenvalue weighted by Gasteiger charge is -2.27. The second kappa shape index (κ2) is 6.21. The summed E-state index contributed by atoms with van der Waals surface area (Å²) in [6, 6.07) is 17.4. The van der Waals surface area contributed by atoms with Crippen LogP contribution in [-0.4, -0.2) is 31.2 Å². The second-order valence-corrected chi connectivity index (χ2v) is 5.42. The van der Waals surface area contributed by atoms with Gasteiger partial charge in [0.25, 0.3) is 0 Å². The molecule has 0 bridgehead atoms. The van der Waals surface area contributed by atoms with E-state index in [0.717, 1.165) is 32.8 Å². The maximum Gasteiger partial charge on any atom is 0.0594 e. The van der Waals surface area contributed by atoms with Gasteiger partial charge in [0.15, 0.2) is 0 Å². The first-order valence-corrected chi connectivity index (χ1v) is 7.28. The van der Waals surface area contributed by atoms with Gasteiger partial charge in [0.2, 0.25) is 0 Å². The highest BCUT2D eigenvalue weighted by Gasteiger charge is 2.13. The summed E-state index contributed by atoms with van der Waals surface area (Å²) in [6.45, 7) is 6.94.